The van der Waals surface area contributed by atoms with Crippen LogP contribution in [0.1, 0.15) is 26.5 Å². The van der Waals surface area contributed by atoms with Crippen molar-refractivity contribution in [3.63, 3.8) is 0 Å². The van der Waals surface area contributed by atoms with E-state index in [1.165, 1.54) is 0 Å². The average Bonchev–Trinajstić information content (AvgIpc) is 2.11. The lowest BCUT2D eigenvalue weighted by Crippen LogP contribution is -2.13. The molecule has 56 valence electrons. The first-order chi connectivity index (χ1) is 4.52. The van der Waals surface area contributed by atoms with E-state index in [0.717, 1.165) is 11.4 Å². The topological polar surface area (TPSA) is 54.7 Å². The minimum Gasteiger partial charge on any atom is -0.396 e. The summed E-state index contributed by atoms with van der Waals surface area (Å²) in [5, 5.41) is 6.77. The van der Waals surface area contributed by atoms with Gasteiger partial charge >= 0.3 is 0 Å². The van der Waals surface area contributed by atoms with Crippen LogP contribution in [0, 0.1) is 0 Å². The fraction of sp³-hybridized carbons (Fsp3) is 0.571. The number of aromatic amines is 1. The van der Waals surface area contributed by atoms with Crippen molar-refractivity contribution >= 4 is 5.69 Å². The molecule has 0 aliphatic heterocycles. The van der Waals surface area contributed by atoms with Crippen LogP contribution in [0.3, 0.4) is 0 Å². The third-order valence-electron chi connectivity index (χ3n) is 1.38. The molecular formula is C7H13N3. The zero-order valence-corrected chi connectivity index (χ0v) is 6.60. The van der Waals surface area contributed by atoms with Gasteiger partial charge in [-0.05, 0) is 0 Å². The van der Waals surface area contributed by atoms with E-state index >= 15 is 0 Å². The fourth-order valence-electron chi connectivity index (χ4n) is 0.900. The van der Waals surface area contributed by atoms with Crippen LogP contribution < -0.4 is 5.73 Å². The maximum atomic E-state index is 5.63. The molecule has 0 atom stereocenters. The van der Waals surface area contributed by atoms with Crippen LogP contribution in [0.2, 0.25) is 0 Å². The van der Waals surface area contributed by atoms with Crippen LogP contribution >= 0.6 is 0 Å². The van der Waals surface area contributed by atoms with Crippen molar-refractivity contribution in [2.75, 3.05) is 5.73 Å². The Morgan fingerprint density at radius 3 is 2.30 bits per heavy atom. The first kappa shape index (κ1) is 7.12. The number of rotatable bonds is 0. The van der Waals surface area contributed by atoms with E-state index < -0.39 is 0 Å². The van der Waals surface area contributed by atoms with Crippen molar-refractivity contribution in [1.29, 1.82) is 0 Å². The Balaban J connectivity index is 3.05. The SMILES string of the molecule is CC(C)(C)c1n[nH]cc1N. The van der Waals surface area contributed by atoms with Crippen molar-refractivity contribution in [3.05, 3.63) is 11.9 Å². The summed E-state index contributed by atoms with van der Waals surface area (Å²) >= 11 is 0. The molecule has 1 heterocycles. The van der Waals surface area contributed by atoms with Gasteiger partial charge in [-0.1, -0.05) is 20.8 Å². The summed E-state index contributed by atoms with van der Waals surface area (Å²) in [6, 6.07) is 0. The molecular weight excluding hydrogens is 126 g/mol. The number of aromatic nitrogens is 2. The highest BCUT2D eigenvalue weighted by molar-refractivity contribution is 5.43. The number of nitrogens with two attached hydrogens (primary N) is 1. The monoisotopic (exact) mass is 139 g/mol. The number of H-pyrrole nitrogens is 1. The van der Waals surface area contributed by atoms with Gasteiger partial charge in [-0.3, -0.25) is 5.10 Å². The molecule has 0 aromatic carbocycles. The third kappa shape index (κ3) is 1.12. The third-order valence-corrected chi connectivity index (χ3v) is 1.38. The summed E-state index contributed by atoms with van der Waals surface area (Å²) in [6.45, 7) is 6.25. The van der Waals surface area contributed by atoms with E-state index in [0.29, 0.717) is 0 Å². The average molecular weight is 139 g/mol. The smallest absolute Gasteiger partial charge is 0.0904 e. The molecule has 10 heavy (non-hydrogen) atoms. The molecule has 3 heteroatoms. The van der Waals surface area contributed by atoms with Crippen LogP contribution in [0.25, 0.3) is 0 Å². The first-order valence-electron chi connectivity index (χ1n) is 3.31. The summed E-state index contributed by atoms with van der Waals surface area (Å²) in [6.07, 6.45) is 1.71. The normalized spacial score (nSPS) is 11.9. The lowest BCUT2D eigenvalue weighted by molar-refractivity contribution is 0.569. The molecule has 1 aromatic heterocycles. The Morgan fingerprint density at radius 2 is 2.10 bits per heavy atom. The van der Waals surface area contributed by atoms with Gasteiger partial charge in [0.1, 0.15) is 0 Å². The van der Waals surface area contributed by atoms with Crippen LogP contribution in [-0.2, 0) is 5.41 Å². The standard InChI is InChI=1S/C7H13N3/c1-7(2,3)6-5(8)4-9-10-6/h4H,8H2,1-3H3,(H,9,10). The molecule has 0 amide bonds. The van der Waals surface area contributed by atoms with Gasteiger partial charge in [-0.25, -0.2) is 0 Å². The zero-order valence-electron chi connectivity index (χ0n) is 6.60. The molecule has 0 fully saturated rings. The van der Waals surface area contributed by atoms with Gasteiger partial charge in [0.2, 0.25) is 0 Å². The van der Waals surface area contributed by atoms with Gasteiger partial charge in [-0.15, -0.1) is 0 Å². The Kier molecular flexibility index (Phi) is 1.43. The quantitative estimate of drug-likeness (QED) is 0.569. The zero-order chi connectivity index (χ0) is 7.78. The molecule has 0 bridgehead atoms. The van der Waals surface area contributed by atoms with E-state index in [2.05, 4.69) is 31.0 Å². The molecule has 0 aliphatic carbocycles. The van der Waals surface area contributed by atoms with E-state index in [1.54, 1.807) is 6.20 Å². The van der Waals surface area contributed by atoms with E-state index in [9.17, 15) is 0 Å². The van der Waals surface area contributed by atoms with E-state index in [4.69, 9.17) is 5.73 Å². The first-order valence-corrected chi connectivity index (χ1v) is 3.31. The number of nitrogens with zero attached hydrogens (tertiary/aromatic N) is 1. The molecule has 1 rings (SSSR count). The molecule has 0 unspecified atom stereocenters. The molecule has 1 aromatic rings. The van der Waals surface area contributed by atoms with Gasteiger partial charge in [0.15, 0.2) is 0 Å². The Hall–Kier alpha value is -0.990. The summed E-state index contributed by atoms with van der Waals surface area (Å²) in [4.78, 5) is 0. The molecule has 0 radical (unpaired) electrons. The van der Waals surface area contributed by atoms with Crippen molar-refractivity contribution in [3.8, 4) is 0 Å². The van der Waals surface area contributed by atoms with Crippen molar-refractivity contribution in [2.24, 2.45) is 0 Å². The predicted molar refractivity (Wildman–Crippen MR) is 41.7 cm³/mol. The van der Waals surface area contributed by atoms with Crippen LogP contribution in [-0.4, -0.2) is 10.2 Å². The summed E-state index contributed by atoms with van der Waals surface area (Å²) in [5.74, 6) is 0. The molecule has 3 N–H and O–H groups in total. The van der Waals surface area contributed by atoms with Crippen molar-refractivity contribution in [2.45, 2.75) is 26.2 Å². The number of nitrogens with one attached hydrogen (secondary N) is 1. The summed E-state index contributed by atoms with van der Waals surface area (Å²) in [5.41, 5.74) is 7.36. The van der Waals surface area contributed by atoms with E-state index in [-0.39, 0.29) is 5.41 Å². The van der Waals surface area contributed by atoms with Crippen LogP contribution in [0.15, 0.2) is 6.20 Å². The second kappa shape index (κ2) is 2.01. The lowest BCUT2D eigenvalue weighted by Gasteiger charge is -2.15. The largest absolute Gasteiger partial charge is 0.396 e. The van der Waals surface area contributed by atoms with Crippen molar-refractivity contribution in [1.82, 2.24) is 10.2 Å². The highest BCUT2D eigenvalue weighted by atomic mass is 15.1. The summed E-state index contributed by atoms with van der Waals surface area (Å²) < 4.78 is 0. The Labute approximate surface area is 60.6 Å². The van der Waals surface area contributed by atoms with Crippen LogP contribution in [0.4, 0.5) is 5.69 Å². The highest BCUT2D eigenvalue weighted by Crippen LogP contribution is 2.24. The van der Waals surface area contributed by atoms with E-state index in [1.807, 2.05) is 0 Å². The van der Waals surface area contributed by atoms with Gasteiger partial charge in [0.05, 0.1) is 11.4 Å². The fourth-order valence-corrected chi connectivity index (χ4v) is 0.900. The number of hydrogen-bond acceptors (Lipinski definition) is 2. The maximum Gasteiger partial charge on any atom is 0.0904 e. The number of hydrogen-bond donors (Lipinski definition) is 2. The minimum atomic E-state index is 0.0457. The molecule has 0 aliphatic rings. The second-order valence-corrected chi connectivity index (χ2v) is 3.44. The van der Waals surface area contributed by atoms with Gasteiger partial charge in [0, 0.05) is 11.6 Å². The maximum absolute atomic E-state index is 5.63. The Bertz CT molecular complexity index is 219. The van der Waals surface area contributed by atoms with Crippen molar-refractivity contribution < 1.29 is 0 Å². The van der Waals surface area contributed by atoms with Crippen LogP contribution in [0.5, 0.6) is 0 Å². The number of nitrogen functional groups attached to an aromatic ring is 1. The van der Waals surface area contributed by atoms with Gasteiger partial charge in [-0.2, -0.15) is 5.10 Å². The predicted octanol–water partition coefficient (Wildman–Crippen LogP) is 1.29. The Morgan fingerprint density at radius 1 is 1.50 bits per heavy atom. The summed E-state index contributed by atoms with van der Waals surface area (Å²) in [7, 11) is 0. The van der Waals surface area contributed by atoms with Gasteiger partial charge in [0.25, 0.3) is 0 Å². The lowest BCUT2D eigenvalue weighted by atomic mass is 9.92. The second-order valence-electron chi connectivity index (χ2n) is 3.44. The van der Waals surface area contributed by atoms with Gasteiger partial charge < -0.3 is 5.73 Å². The highest BCUT2D eigenvalue weighted by Gasteiger charge is 2.18. The molecule has 3 nitrogen and oxygen atoms in total. The molecule has 0 saturated heterocycles. The minimum absolute atomic E-state index is 0.0457. The molecule has 0 spiro atoms. The number of anilines is 1. The molecule has 0 saturated carbocycles.